The van der Waals surface area contributed by atoms with Gasteiger partial charge in [0.1, 0.15) is 0 Å². The van der Waals surface area contributed by atoms with Gasteiger partial charge in [-0.2, -0.15) is 0 Å². The van der Waals surface area contributed by atoms with Crippen molar-refractivity contribution in [3.05, 3.63) is 64.2 Å². The summed E-state index contributed by atoms with van der Waals surface area (Å²) in [5.41, 5.74) is 0.841. The van der Waals surface area contributed by atoms with Gasteiger partial charge in [0.2, 0.25) is 5.78 Å². The zero-order valence-corrected chi connectivity index (χ0v) is 19.4. The third-order valence-corrected chi connectivity index (χ3v) is 5.69. The van der Waals surface area contributed by atoms with Gasteiger partial charge in [0, 0.05) is 23.6 Å². The number of carbonyl (C=O) groups excluding carboxylic acids is 2. The molecule has 2 aromatic rings. The molecule has 170 valence electrons. The SMILES string of the molecule is COc1ccc(/C([O-])=C2\C(=O)C(=O)N(CCC[NH+](C)C)C2c2ccc(Cl)cc2)cc1OC. The van der Waals surface area contributed by atoms with E-state index < -0.39 is 23.5 Å². The second-order valence-corrected chi connectivity index (χ2v) is 8.34. The number of Topliss-reactive ketones (excluding diaryl/α,β-unsaturated/α-hetero) is 1. The van der Waals surface area contributed by atoms with Crippen molar-refractivity contribution in [2.45, 2.75) is 12.5 Å². The zero-order valence-electron chi connectivity index (χ0n) is 18.6. The molecular formula is C24H27ClN2O5. The maximum absolute atomic E-state index is 13.5. The van der Waals surface area contributed by atoms with Crippen LogP contribution in [0.4, 0.5) is 0 Å². The molecule has 0 radical (unpaired) electrons. The fourth-order valence-corrected chi connectivity index (χ4v) is 3.95. The molecule has 8 heteroatoms. The molecule has 1 aliphatic rings. The molecule has 1 amide bonds. The van der Waals surface area contributed by atoms with Gasteiger partial charge in [-0.05, 0) is 35.4 Å². The lowest BCUT2D eigenvalue weighted by molar-refractivity contribution is -0.858. The summed E-state index contributed by atoms with van der Waals surface area (Å²) in [5.74, 6) is -1.12. The smallest absolute Gasteiger partial charge is 0.295 e. The Balaban J connectivity index is 2.11. The Morgan fingerprint density at radius 2 is 1.72 bits per heavy atom. The van der Waals surface area contributed by atoms with Crippen LogP contribution in [0.3, 0.4) is 0 Å². The van der Waals surface area contributed by atoms with E-state index in [1.165, 1.54) is 30.1 Å². The lowest BCUT2D eigenvalue weighted by Crippen LogP contribution is -3.05. The van der Waals surface area contributed by atoms with Crippen molar-refractivity contribution in [3.8, 4) is 11.5 Å². The molecule has 1 fully saturated rings. The highest BCUT2D eigenvalue weighted by atomic mass is 35.5. The van der Waals surface area contributed by atoms with Gasteiger partial charge in [-0.15, -0.1) is 0 Å². The lowest BCUT2D eigenvalue weighted by Gasteiger charge is -2.28. The van der Waals surface area contributed by atoms with Crippen LogP contribution in [0.25, 0.3) is 5.76 Å². The minimum atomic E-state index is -0.776. The normalized spacial score (nSPS) is 17.8. The number of rotatable bonds is 8. The number of nitrogens with zero attached hydrogens (tertiary/aromatic N) is 1. The van der Waals surface area contributed by atoms with Crippen molar-refractivity contribution in [2.24, 2.45) is 0 Å². The van der Waals surface area contributed by atoms with Gasteiger partial charge in [-0.3, -0.25) is 9.59 Å². The molecule has 0 saturated carbocycles. The topological polar surface area (TPSA) is 83.3 Å². The summed E-state index contributed by atoms with van der Waals surface area (Å²) in [6, 6.07) is 10.8. The number of hydrogen-bond acceptors (Lipinski definition) is 5. The summed E-state index contributed by atoms with van der Waals surface area (Å²) in [6.45, 7) is 1.19. The van der Waals surface area contributed by atoms with Crippen molar-refractivity contribution in [1.82, 2.24) is 4.90 Å². The zero-order chi connectivity index (χ0) is 23.4. The monoisotopic (exact) mass is 458 g/mol. The number of quaternary nitrogens is 1. The Kier molecular flexibility index (Phi) is 7.43. The first-order chi connectivity index (χ1) is 15.3. The number of benzene rings is 2. The van der Waals surface area contributed by atoms with Gasteiger partial charge in [0.25, 0.3) is 5.91 Å². The van der Waals surface area contributed by atoms with Crippen LogP contribution < -0.4 is 19.5 Å². The quantitative estimate of drug-likeness (QED) is 0.364. The number of ether oxygens (including phenoxy) is 2. The van der Waals surface area contributed by atoms with Crippen LogP contribution in [0.1, 0.15) is 23.6 Å². The van der Waals surface area contributed by atoms with Gasteiger partial charge in [0.05, 0.1) is 40.9 Å². The molecule has 32 heavy (non-hydrogen) atoms. The Labute approximate surface area is 192 Å². The molecule has 1 N–H and O–H groups in total. The maximum atomic E-state index is 13.5. The van der Waals surface area contributed by atoms with Crippen LogP contribution in [0.5, 0.6) is 11.5 Å². The highest BCUT2D eigenvalue weighted by Crippen LogP contribution is 2.40. The predicted octanol–water partition coefficient (Wildman–Crippen LogP) is 1.12. The highest BCUT2D eigenvalue weighted by molar-refractivity contribution is 6.46. The van der Waals surface area contributed by atoms with Crippen molar-refractivity contribution < 1.29 is 29.1 Å². The molecule has 0 aliphatic carbocycles. The van der Waals surface area contributed by atoms with E-state index in [-0.39, 0.29) is 11.1 Å². The molecule has 3 rings (SSSR count). The highest BCUT2D eigenvalue weighted by Gasteiger charge is 2.43. The molecule has 2 aromatic carbocycles. The first-order valence-electron chi connectivity index (χ1n) is 10.3. The lowest BCUT2D eigenvalue weighted by atomic mass is 9.95. The molecule has 1 heterocycles. The maximum Gasteiger partial charge on any atom is 0.295 e. The van der Waals surface area contributed by atoms with Gasteiger partial charge in [0.15, 0.2) is 11.5 Å². The predicted molar refractivity (Wildman–Crippen MR) is 120 cm³/mol. The molecule has 1 atom stereocenters. The fourth-order valence-electron chi connectivity index (χ4n) is 3.83. The average molecular weight is 459 g/mol. The first-order valence-corrected chi connectivity index (χ1v) is 10.7. The molecule has 0 spiro atoms. The van der Waals surface area contributed by atoms with E-state index in [0.29, 0.717) is 35.1 Å². The summed E-state index contributed by atoms with van der Waals surface area (Å²) in [5, 5.41) is 14.0. The third-order valence-electron chi connectivity index (χ3n) is 5.44. The van der Waals surface area contributed by atoms with Crippen LogP contribution in [0, 0.1) is 0 Å². The molecule has 7 nitrogen and oxygen atoms in total. The minimum Gasteiger partial charge on any atom is -0.872 e. The Hall–Kier alpha value is -3.03. The van der Waals surface area contributed by atoms with Crippen molar-refractivity contribution >= 4 is 29.1 Å². The molecule has 1 unspecified atom stereocenters. The van der Waals surface area contributed by atoms with E-state index in [1.807, 2.05) is 14.1 Å². The van der Waals surface area contributed by atoms with Crippen LogP contribution in [-0.2, 0) is 9.59 Å². The van der Waals surface area contributed by atoms with Crippen LogP contribution >= 0.6 is 11.6 Å². The summed E-state index contributed by atoms with van der Waals surface area (Å²) in [7, 11) is 7.00. The Morgan fingerprint density at radius 3 is 2.31 bits per heavy atom. The number of ketones is 1. The summed E-state index contributed by atoms with van der Waals surface area (Å²) >= 11 is 6.04. The molecule has 1 aliphatic heterocycles. The number of hydrogen-bond donors (Lipinski definition) is 1. The third kappa shape index (κ3) is 4.74. The number of carbonyl (C=O) groups is 2. The van der Waals surface area contributed by atoms with Crippen molar-refractivity contribution in [3.63, 3.8) is 0 Å². The van der Waals surface area contributed by atoms with Crippen molar-refractivity contribution in [1.29, 1.82) is 0 Å². The number of methoxy groups -OCH3 is 2. The first kappa shape index (κ1) is 23.6. The van der Waals surface area contributed by atoms with E-state index in [0.717, 1.165) is 6.54 Å². The van der Waals surface area contributed by atoms with E-state index in [4.69, 9.17) is 21.1 Å². The number of nitrogens with one attached hydrogen (secondary N) is 1. The molecule has 0 bridgehead atoms. The fraction of sp³-hybridized carbons (Fsp3) is 0.333. The van der Waals surface area contributed by atoms with E-state index in [2.05, 4.69) is 0 Å². The minimum absolute atomic E-state index is 0.0678. The molecular weight excluding hydrogens is 432 g/mol. The molecule has 1 saturated heterocycles. The van der Waals surface area contributed by atoms with Gasteiger partial charge < -0.3 is 24.4 Å². The summed E-state index contributed by atoms with van der Waals surface area (Å²) < 4.78 is 10.5. The van der Waals surface area contributed by atoms with Gasteiger partial charge >= 0.3 is 0 Å². The molecule has 0 aromatic heterocycles. The van der Waals surface area contributed by atoms with E-state index in [9.17, 15) is 14.7 Å². The Morgan fingerprint density at radius 1 is 1.06 bits per heavy atom. The summed E-state index contributed by atoms with van der Waals surface area (Å²) in [4.78, 5) is 28.7. The number of amides is 1. The number of likely N-dealkylation sites (tertiary alicyclic amines) is 1. The van der Waals surface area contributed by atoms with Crippen molar-refractivity contribution in [2.75, 3.05) is 41.4 Å². The summed E-state index contributed by atoms with van der Waals surface area (Å²) in [6.07, 6.45) is 0.698. The average Bonchev–Trinajstić information content (AvgIpc) is 3.03. The second kappa shape index (κ2) is 10.1. The standard InChI is InChI=1S/C24H27ClN2O5/c1-26(2)12-5-13-27-21(15-6-9-17(25)10-7-15)20(23(29)24(27)30)22(28)16-8-11-18(31-3)19(14-16)32-4/h6-11,14,21,28H,5,12-13H2,1-4H3/b22-20+. The van der Waals surface area contributed by atoms with E-state index >= 15 is 0 Å². The number of halogens is 1. The largest absolute Gasteiger partial charge is 0.872 e. The van der Waals surface area contributed by atoms with Crippen LogP contribution in [-0.4, -0.2) is 58.0 Å². The second-order valence-electron chi connectivity index (χ2n) is 7.90. The Bertz CT molecular complexity index is 1030. The van der Waals surface area contributed by atoms with Crippen LogP contribution in [0.15, 0.2) is 48.0 Å². The van der Waals surface area contributed by atoms with Gasteiger partial charge in [-0.1, -0.05) is 35.6 Å². The van der Waals surface area contributed by atoms with Gasteiger partial charge in [-0.25, -0.2) is 0 Å². The van der Waals surface area contributed by atoms with Crippen LogP contribution in [0.2, 0.25) is 5.02 Å². The van der Waals surface area contributed by atoms with E-state index in [1.54, 1.807) is 36.4 Å².